The highest BCUT2D eigenvalue weighted by Crippen LogP contribution is 2.29. The van der Waals surface area contributed by atoms with Crippen LogP contribution in [0.5, 0.6) is 11.6 Å². The van der Waals surface area contributed by atoms with Crippen molar-refractivity contribution in [2.75, 3.05) is 0 Å². The van der Waals surface area contributed by atoms with Crippen LogP contribution >= 0.6 is 11.3 Å². The van der Waals surface area contributed by atoms with Crippen molar-refractivity contribution in [1.82, 2.24) is 9.97 Å². The predicted octanol–water partition coefficient (Wildman–Crippen LogP) is 2.58. The highest BCUT2D eigenvalue weighted by atomic mass is 32.1. The zero-order valence-electron chi connectivity index (χ0n) is 9.74. The molecule has 2 aromatic heterocycles. The van der Waals surface area contributed by atoms with Gasteiger partial charge in [0.25, 0.3) is 0 Å². The molecule has 0 aliphatic rings. The molecule has 5 nitrogen and oxygen atoms in total. The molecule has 2 N–H and O–H groups in total. The number of benzene rings is 1. The summed E-state index contributed by atoms with van der Waals surface area (Å²) in [6, 6.07) is 8.50. The van der Waals surface area contributed by atoms with Crippen molar-refractivity contribution in [1.29, 1.82) is 0 Å². The van der Waals surface area contributed by atoms with Crippen LogP contribution in [0, 0.1) is 0 Å². The first-order chi connectivity index (χ1) is 9.24. The molecule has 94 valence electrons. The van der Waals surface area contributed by atoms with E-state index in [1.54, 1.807) is 24.3 Å². The Kier molecular flexibility index (Phi) is 2.85. The van der Waals surface area contributed by atoms with Crippen molar-refractivity contribution in [3.63, 3.8) is 0 Å². The summed E-state index contributed by atoms with van der Waals surface area (Å²) in [4.78, 5) is 20.1. The molecule has 0 aliphatic heterocycles. The lowest BCUT2D eigenvalue weighted by molar-refractivity contribution is 0.100. The first-order valence-electron chi connectivity index (χ1n) is 5.50. The maximum absolute atomic E-state index is 11.0. The number of aromatic nitrogens is 2. The van der Waals surface area contributed by atoms with E-state index >= 15 is 0 Å². The van der Waals surface area contributed by atoms with Crippen molar-refractivity contribution >= 4 is 27.5 Å². The van der Waals surface area contributed by atoms with Gasteiger partial charge in [-0.1, -0.05) is 0 Å². The summed E-state index contributed by atoms with van der Waals surface area (Å²) < 4.78 is 5.69. The number of nitrogens with zero attached hydrogens (tertiary/aromatic N) is 2. The van der Waals surface area contributed by atoms with Gasteiger partial charge in [-0.3, -0.25) is 4.79 Å². The van der Waals surface area contributed by atoms with Crippen LogP contribution in [-0.2, 0) is 0 Å². The smallest absolute Gasteiger partial charge is 0.248 e. The van der Waals surface area contributed by atoms with Crippen LogP contribution in [0.4, 0.5) is 0 Å². The van der Waals surface area contributed by atoms with Crippen LogP contribution in [0.1, 0.15) is 10.4 Å². The second-order valence-electron chi connectivity index (χ2n) is 3.81. The maximum atomic E-state index is 11.0. The fourth-order valence-corrected chi connectivity index (χ4v) is 2.37. The second-order valence-corrected chi connectivity index (χ2v) is 4.70. The number of amides is 1. The summed E-state index contributed by atoms with van der Waals surface area (Å²) in [5, 5.41) is 2.80. The Labute approximate surface area is 112 Å². The van der Waals surface area contributed by atoms with Gasteiger partial charge < -0.3 is 10.5 Å². The van der Waals surface area contributed by atoms with Gasteiger partial charge in [0.15, 0.2) is 0 Å². The van der Waals surface area contributed by atoms with Crippen LogP contribution < -0.4 is 10.5 Å². The molecule has 2 heterocycles. The number of fused-ring (bicyclic) bond motifs is 1. The number of ether oxygens (including phenoxy) is 1. The number of primary amides is 1. The lowest BCUT2D eigenvalue weighted by atomic mass is 10.2. The van der Waals surface area contributed by atoms with Crippen molar-refractivity contribution < 1.29 is 9.53 Å². The largest absolute Gasteiger partial charge is 0.438 e. The Morgan fingerprint density at radius 1 is 1.16 bits per heavy atom. The standard InChI is InChI=1S/C13H9N3O2S/c14-11(17)8-1-3-9(4-2-8)18-12-10-5-6-19-13(10)16-7-15-12/h1-7H,(H2,14,17). The van der Waals surface area contributed by atoms with Crippen molar-refractivity contribution in [2.24, 2.45) is 5.73 Å². The van der Waals surface area contributed by atoms with Crippen LogP contribution in [0.15, 0.2) is 42.0 Å². The van der Waals surface area contributed by atoms with Crippen LogP contribution in [0.3, 0.4) is 0 Å². The number of hydrogen-bond donors (Lipinski definition) is 1. The van der Waals surface area contributed by atoms with Gasteiger partial charge in [-0.15, -0.1) is 11.3 Å². The lowest BCUT2D eigenvalue weighted by Gasteiger charge is -2.05. The molecule has 3 aromatic rings. The number of nitrogens with two attached hydrogens (primary N) is 1. The summed E-state index contributed by atoms with van der Waals surface area (Å²) in [5.74, 6) is 0.628. The molecule has 1 aromatic carbocycles. The first kappa shape index (κ1) is 11.6. The fourth-order valence-electron chi connectivity index (χ4n) is 1.65. The summed E-state index contributed by atoms with van der Waals surface area (Å²) in [7, 11) is 0. The molecule has 0 aliphatic carbocycles. The third kappa shape index (κ3) is 2.25. The topological polar surface area (TPSA) is 78.1 Å². The normalized spacial score (nSPS) is 10.5. The number of thiophene rings is 1. The Morgan fingerprint density at radius 2 is 1.95 bits per heavy atom. The molecule has 0 unspecified atom stereocenters. The molecule has 0 bridgehead atoms. The van der Waals surface area contributed by atoms with E-state index in [1.165, 1.54) is 17.7 Å². The first-order valence-corrected chi connectivity index (χ1v) is 6.38. The van der Waals surface area contributed by atoms with Gasteiger partial charge in [0, 0.05) is 5.56 Å². The molecule has 0 saturated carbocycles. The minimum Gasteiger partial charge on any atom is -0.438 e. The number of carbonyl (C=O) groups excluding carboxylic acids is 1. The van der Waals surface area contributed by atoms with E-state index in [4.69, 9.17) is 10.5 Å². The fraction of sp³-hybridized carbons (Fsp3) is 0. The van der Waals surface area contributed by atoms with Gasteiger partial charge >= 0.3 is 0 Å². The molecule has 1 amide bonds. The van der Waals surface area contributed by atoms with Crippen LogP contribution in [0.25, 0.3) is 10.2 Å². The predicted molar refractivity (Wildman–Crippen MR) is 72.4 cm³/mol. The summed E-state index contributed by atoms with van der Waals surface area (Å²) in [6.07, 6.45) is 1.46. The van der Waals surface area contributed by atoms with Crippen LogP contribution in [0.2, 0.25) is 0 Å². The third-order valence-corrected chi connectivity index (χ3v) is 3.40. The van der Waals surface area contributed by atoms with Gasteiger partial charge in [-0.2, -0.15) is 0 Å². The molecule has 0 saturated heterocycles. The van der Waals surface area contributed by atoms with E-state index in [0.717, 1.165) is 10.2 Å². The Morgan fingerprint density at radius 3 is 2.68 bits per heavy atom. The van der Waals surface area contributed by atoms with Crippen molar-refractivity contribution in [3.05, 3.63) is 47.6 Å². The zero-order valence-corrected chi connectivity index (χ0v) is 10.6. The van der Waals surface area contributed by atoms with E-state index in [0.29, 0.717) is 17.2 Å². The monoisotopic (exact) mass is 271 g/mol. The van der Waals surface area contributed by atoms with E-state index in [9.17, 15) is 4.79 Å². The van der Waals surface area contributed by atoms with Gasteiger partial charge in [0.2, 0.25) is 11.8 Å². The number of rotatable bonds is 3. The molecular formula is C13H9N3O2S. The van der Waals surface area contributed by atoms with Crippen molar-refractivity contribution in [3.8, 4) is 11.6 Å². The van der Waals surface area contributed by atoms with Crippen LogP contribution in [-0.4, -0.2) is 15.9 Å². The SMILES string of the molecule is NC(=O)c1ccc(Oc2ncnc3sccc23)cc1. The van der Waals surface area contributed by atoms with Gasteiger partial charge in [-0.05, 0) is 35.7 Å². The summed E-state index contributed by atoms with van der Waals surface area (Å²) in [6.45, 7) is 0. The molecule has 6 heteroatoms. The molecule has 19 heavy (non-hydrogen) atoms. The average Bonchev–Trinajstić information content (AvgIpc) is 2.89. The Bertz CT molecular complexity index is 737. The lowest BCUT2D eigenvalue weighted by Crippen LogP contribution is -2.10. The Hall–Kier alpha value is -2.47. The highest BCUT2D eigenvalue weighted by Gasteiger charge is 2.07. The maximum Gasteiger partial charge on any atom is 0.248 e. The molecule has 0 radical (unpaired) electrons. The quantitative estimate of drug-likeness (QED) is 0.794. The minimum absolute atomic E-state index is 0.440. The van der Waals surface area contributed by atoms with Gasteiger partial charge in [-0.25, -0.2) is 9.97 Å². The van der Waals surface area contributed by atoms with Crippen molar-refractivity contribution in [2.45, 2.75) is 0 Å². The van der Waals surface area contributed by atoms with E-state index in [2.05, 4.69) is 9.97 Å². The van der Waals surface area contributed by atoms with E-state index in [1.807, 2.05) is 11.4 Å². The number of hydrogen-bond acceptors (Lipinski definition) is 5. The van der Waals surface area contributed by atoms with E-state index in [-0.39, 0.29) is 0 Å². The molecule has 3 rings (SSSR count). The summed E-state index contributed by atoms with van der Waals surface area (Å²) >= 11 is 1.53. The molecule has 0 spiro atoms. The average molecular weight is 271 g/mol. The molecule has 0 atom stereocenters. The second kappa shape index (κ2) is 4.66. The van der Waals surface area contributed by atoms with Gasteiger partial charge in [0.1, 0.15) is 16.9 Å². The third-order valence-electron chi connectivity index (χ3n) is 2.58. The number of carbonyl (C=O) groups is 1. The molecular weight excluding hydrogens is 262 g/mol. The Balaban J connectivity index is 1.92. The highest BCUT2D eigenvalue weighted by molar-refractivity contribution is 7.16. The minimum atomic E-state index is -0.464. The van der Waals surface area contributed by atoms with E-state index < -0.39 is 5.91 Å². The molecule has 0 fully saturated rings. The van der Waals surface area contributed by atoms with Gasteiger partial charge in [0.05, 0.1) is 5.39 Å². The summed E-state index contributed by atoms with van der Waals surface area (Å²) in [5.41, 5.74) is 5.62. The zero-order chi connectivity index (χ0) is 13.2.